The summed E-state index contributed by atoms with van der Waals surface area (Å²) in [4.78, 5) is 16.0. The van der Waals surface area contributed by atoms with Gasteiger partial charge in [0, 0.05) is 26.6 Å². The Morgan fingerprint density at radius 2 is 1.76 bits per heavy atom. The highest BCUT2D eigenvalue weighted by Gasteiger charge is 2.30. The van der Waals surface area contributed by atoms with Crippen molar-refractivity contribution in [1.82, 2.24) is 4.90 Å². The maximum atomic E-state index is 13.0. The summed E-state index contributed by atoms with van der Waals surface area (Å²) in [6, 6.07) is 12.7. The Morgan fingerprint density at radius 3 is 2.45 bits per heavy atom. The molecule has 0 spiro atoms. The smallest absolute Gasteiger partial charge is 0.265 e. The number of nitrogens with zero attached hydrogens (tertiary/aromatic N) is 1. The van der Waals surface area contributed by atoms with Gasteiger partial charge in [-0.25, -0.2) is 8.42 Å². The summed E-state index contributed by atoms with van der Waals surface area (Å²) in [5.74, 6) is -0.224. The second-order valence-electron chi connectivity index (χ2n) is 9.03. The molecule has 6 nitrogen and oxygen atoms in total. The third-order valence-corrected chi connectivity index (χ3v) is 7.99. The highest BCUT2D eigenvalue weighted by Crippen LogP contribution is 2.35. The molecular weight excluding hydrogens is 478 g/mol. The molecule has 1 saturated heterocycles. The van der Waals surface area contributed by atoms with Gasteiger partial charge < -0.3 is 5.32 Å². The van der Waals surface area contributed by atoms with Gasteiger partial charge in [0.05, 0.1) is 11.1 Å². The number of anilines is 2. The first-order valence-corrected chi connectivity index (χ1v) is 14.0. The van der Waals surface area contributed by atoms with Crippen LogP contribution >= 0.6 is 22.9 Å². The van der Waals surface area contributed by atoms with E-state index in [1.165, 1.54) is 30.6 Å². The lowest BCUT2D eigenvalue weighted by atomic mass is 9.90. The minimum Gasteiger partial charge on any atom is -0.321 e. The van der Waals surface area contributed by atoms with E-state index in [-0.39, 0.29) is 11.4 Å². The van der Waals surface area contributed by atoms with E-state index in [0.29, 0.717) is 21.3 Å². The van der Waals surface area contributed by atoms with E-state index in [0.717, 1.165) is 35.0 Å². The summed E-state index contributed by atoms with van der Waals surface area (Å²) in [5, 5.41) is 4.37. The fraction of sp³-hybridized carbons (Fsp3) is 0.375. The van der Waals surface area contributed by atoms with E-state index in [9.17, 15) is 13.2 Å². The Bertz CT molecular complexity index is 1300. The Hall–Kier alpha value is -2.13. The molecule has 2 heterocycles. The molecule has 1 aromatic heterocycles. The molecule has 1 amide bonds. The lowest BCUT2D eigenvalue weighted by molar-refractivity contribution is 0.0943. The first-order chi connectivity index (χ1) is 15.5. The van der Waals surface area contributed by atoms with Crippen molar-refractivity contribution in [1.29, 1.82) is 0 Å². The standard InChI is InChI=1S/C24H28ClN3O3S2/c1-24(2,28-9-5-4-6-10-28)17-13-18(25)15-20(14-17)26-23(29)22-12-16-11-19(27-33(3,30)31)7-8-21(16)32-22/h7-8,11-15,27H,4-6,9-10H2,1-3H3,(H,26,29). The van der Waals surface area contributed by atoms with Gasteiger partial charge in [-0.15, -0.1) is 11.3 Å². The molecule has 4 rings (SSSR count). The van der Waals surface area contributed by atoms with Crippen LogP contribution in [0.3, 0.4) is 0 Å². The summed E-state index contributed by atoms with van der Waals surface area (Å²) >= 11 is 7.79. The average molecular weight is 506 g/mol. The normalized spacial score (nSPS) is 15.5. The van der Waals surface area contributed by atoms with Crippen molar-refractivity contribution in [3.8, 4) is 0 Å². The molecule has 0 radical (unpaired) electrons. The molecule has 176 valence electrons. The molecule has 2 aromatic carbocycles. The van der Waals surface area contributed by atoms with Crippen molar-refractivity contribution in [3.63, 3.8) is 0 Å². The van der Waals surface area contributed by atoms with Crippen LogP contribution in [-0.2, 0) is 15.6 Å². The lowest BCUT2D eigenvalue weighted by Crippen LogP contribution is -2.44. The number of nitrogens with one attached hydrogen (secondary N) is 2. The van der Waals surface area contributed by atoms with Crippen LogP contribution in [0.25, 0.3) is 10.1 Å². The van der Waals surface area contributed by atoms with Gasteiger partial charge in [0.2, 0.25) is 10.0 Å². The fourth-order valence-corrected chi connectivity index (χ4v) is 6.00. The summed E-state index contributed by atoms with van der Waals surface area (Å²) in [6.45, 7) is 6.51. The van der Waals surface area contributed by atoms with Crippen LogP contribution in [-0.4, -0.2) is 38.6 Å². The number of hydrogen-bond acceptors (Lipinski definition) is 5. The van der Waals surface area contributed by atoms with Gasteiger partial charge in [0.1, 0.15) is 0 Å². The van der Waals surface area contributed by atoms with Crippen LogP contribution < -0.4 is 10.0 Å². The molecule has 0 aliphatic carbocycles. The van der Waals surface area contributed by atoms with Crippen LogP contribution in [0.5, 0.6) is 0 Å². The zero-order valence-corrected chi connectivity index (χ0v) is 21.3. The summed E-state index contributed by atoms with van der Waals surface area (Å²) in [5.41, 5.74) is 2.00. The van der Waals surface area contributed by atoms with Crippen LogP contribution in [0.1, 0.15) is 48.3 Å². The Labute approximate surface area is 204 Å². The van der Waals surface area contributed by atoms with Crippen molar-refractivity contribution in [2.75, 3.05) is 29.4 Å². The van der Waals surface area contributed by atoms with Crippen LogP contribution in [0.2, 0.25) is 5.02 Å². The molecule has 9 heteroatoms. The first kappa shape index (κ1) is 24.0. The van der Waals surface area contributed by atoms with E-state index in [1.54, 1.807) is 24.3 Å². The number of halogens is 1. The topological polar surface area (TPSA) is 78.5 Å². The molecule has 1 aliphatic rings. The largest absolute Gasteiger partial charge is 0.321 e. The SMILES string of the molecule is CC(C)(c1cc(Cl)cc(NC(=O)c2cc3cc(NS(C)(=O)=O)ccc3s2)c1)N1CCCCC1. The molecule has 3 aromatic rings. The Balaban J connectivity index is 1.56. The number of fused-ring (bicyclic) bond motifs is 1. The summed E-state index contributed by atoms with van der Waals surface area (Å²) in [6.07, 6.45) is 4.77. The van der Waals surface area contributed by atoms with Crippen molar-refractivity contribution >= 4 is 60.3 Å². The zero-order chi connectivity index (χ0) is 23.8. The van der Waals surface area contributed by atoms with Gasteiger partial charge in [-0.2, -0.15) is 0 Å². The fourth-order valence-electron chi connectivity index (χ4n) is 4.28. The average Bonchev–Trinajstić information content (AvgIpc) is 3.16. The number of amides is 1. The number of rotatable bonds is 6. The van der Waals surface area contributed by atoms with Gasteiger partial charge in [-0.1, -0.05) is 18.0 Å². The first-order valence-electron chi connectivity index (χ1n) is 10.9. The van der Waals surface area contributed by atoms with Gasteiger partial charge in [-0.3, -0.25) is 14.4 Å². The van der Waals surface area contributed by atoms with E-state index >= 15 is 0 Å². The van der Waals surface area contributed by atoms with Gasteiger partial charge in [0.15, 0.2) is 0 Å². The van der Waals surface area contributed by atoms with Crippen LogP contribution in [0.4, 0.5) is 11.4 Å². The van der Waals surface area contributed by atoms with E-state index in [1.807, 2.05) is 18.2 Å². The molecule has 0 saturated carbocycles. The zero-order valence-electron chi connectivity index (χ0n) is 18.9. The molecule has 0 unspecified atom stereocenters. The number of thiophene rings is 1. The number of piperidine rings is 1. The minimum absolute atomic E-state index is 0.189. The van der Waals surface area contributed by atoms with Crippen molar-refractivity contribution < 1.29 is 13.2 Å². The Morgan fingerprint density at radius 1 is 1.03 bits per heavy atom. The number of hydrogen-bond donors (Lipinski definition) is 2. The van der Waals surface area contributed by atoms with Gasteiger partial charge in [0.25, 0.3) is 5.91 Å². The number of carbonyl (C=O) groups is 1. The minimum atomic E-state index is -3.37. The monoisotopic (exact) mass is 505 g/mol. The number of benzene rings is 2. The van der Waals surface area contributed by atoms with Gasteiger partial charge in [-0.05, 0) is 93.2 Å². The Kier molecular flexibility index (Phi) is 6.73. The van der Waals surface area contributed by atoms with E-state index < -0.39 is 10.0 Å². The molecule has 33 heavy (non-hydrogen) atoms. The van der Waals surface area contributed by atoms with Crippen LogP contribution in [0.15, 0.2) is 42.5 Å². The molecule has 1 fully saturated rings. The lowest BCUT2D eigenvalue weighted by Gasteiger charge is -2.41. The predicted molar refractivity (Wildman–Crippen MR) is 138 cm³/mol. The molecular formula is C24H28ClN3O3S2. The third kappa shape index (κ3) is 5.69. The van der Waals surface area contributed by atoms with Crippen molar-refractivity contribution in [2.24, 2.45) is 0 Å². The quantitative estimate of drug-likeness (QED) is 0.437. The number of likely N-dealkylation sites (tertiary alicyclic amines) is 1. The number of sulfonamides is 1. The van der Waals surface area contributed by atoms with Crippen molar-refractivity contribution in [3.05, 3.63) is 57.9 Å². The summed E-state index contributed by atoms with van der Waals surface area (Å²) < 4.78 is 26.3. The van der Waals surface area contributed by atoms with Crippen LogP contribution in [0, 0.1) is 0 Å². The molecule has 2 N–H and O–H groups in total. The highest BCUT2D eigenvalue weighted by molar-refractivity contribution is 7.92. The van der Waals surface area contributed by atoms with Gasteiger partial charge >= 0.3 is 0 Å². The van der Waals surface area contributed by atoms with E-state index in [4.69, 9.17) is 11.6 Å². The number of carbonyl (C=O) groups excluding carboxylic acids is 1. The van der Waals surface area contributed by atoms with E-state index in [2.05, 4.69) is 28.8 Å². The molecule has 0 bridgehead atoms. The predicted octanol–water partition coefficient (Wildman–Crippen LogP) is 5.90. The highest BCUT2D eigenvalue weighted by atomic mass is 35.5. The second-order valence-corrected chi connectivity index (χ2v) is 12.3. The van der Waals surface area contributed by atoms with Crippen molar-refractivity contribution in [2.45, 2.75) is 38.6 Å². The third-order valence-electron chi connectivity index (χ3n) is 6.05. The maximum absolute atomic E-state index is 13.0. The second kappa shape index (κ2) is 9.25. The maximum Gasteiger partial charge on any atom is 0.265 e. The molecule has 0 atom stereocenters. The molecule has 1 aliphatic heterocycles. The summed E-state index contributed by atoms with van der Waals surface area (Å²) in [7, 11) is -3.37.